The maximum absolute atomic E-state index is 14.1. The van der Waals surface area contributed by atoms with E-state index in [1.54, 1.807) is 29.9 Å². The standard InChI is InChI=1S/C24H21F2N5O3/c1-13-14-6-4-5-7-15(14)18(17-11-27-30(2)24(17)33-3)12-31(13)23(32)19-10-20(34-29-19)16-8-9-21(25)28-22(16)26/h4-11,13,18H,12H2,1-3H3/t13-,18-/m0/s1. The first-order chi connectivity index (χ1) is 16.4. The molecule has 0 bridgehead atoms. The second-order valence-electron chi connectivity index (χ2n) is 8.10. The molecule has 8 nitrogen and oxygen atoms in total. The van der Waals surface area contributed by atoms with E-state index >= 15 is 0 Å². The fourth-order valence-electron chi connectivity index (χ4n) is 4.53. The lowest BCUT2D eigenvalue weighted by Crippen LogP contribution is -2.41. The monoisotopic (exact) mass is 465 g/mol. The van der Waals surface area contributed by atoms with Crippen LogP contribution in [0.25, 0.3) is 11.3 Å². The fourth-order valence-corrected chi connectivity index (χ4v) is 4.53. The number of rotatable bonds is 4. The third-order valence-corrected chi connectivity index (χ3v) is 6.22. The topological polar surface area (TPSA) is 86.3 Å². The number of benzene rings is 1. The zero-order chi connectivity index (χ0) is 24.0. The van der Waals surface area contributed by atoms with E-state index in [0.717, 1.165) is 22.8 Å². The average molecular weight is 465 g/mol. The van der Waals surface area contributed by atoms with Crippen molar-refractivity contribution in [2.45, 2.75) is 18.9 Å². The predicted molar refractivity (Wildman–Crippen MR) is 117 cm³/mol. The molecule has 34 heavy (non-hydrogen) atoms. The summed E-state index contributed by atoms with van der Waals surface area (Å²) in [5.41, 5.74) is 2.88. The van der Waals surface area contributed by atoms with E-state index in [1.165, 1.54) is 12.1 Å². The van der Waals surface area contributed by atoms with Crippen LogP contribution in [0.4, 0.5) is 8.78 Å². The Bertz CT molecular complexity index is 1380. The highest BCUT2D eigenvalue weighted by Gasteiger charge is 2.37. The van der Waals surface area contributed by atoms with E-state index in [1.807, 2.05) is 31.2 Å². The number of methoxy groups -OCH3 is 1. The van der Waals surface area contributed by atoms with Crippen molar-refractivity contribution in [3.05, 3.63) is 82.9 Å². The molecule has 1 aliphatic heterocycles. The number of nitrogens with zero attached hydrogens (tertiary/aromatic N) is 5. The first-order valence-electron chi connectivity index (χ1n) is 10.6. The Morgan fingerprint density at radius 2 is 1.91 bits per heavy atom. The van der Waals surface area contributed by atoms with Crippen molar-refractivity contribution in [3.8, 4) is 17.2 Å². The van der Waals surface area contributed by atoms with Crippen LogP contribution in [0, 0.1) is 11.9 Å². The number of hydrogen-bond acceptors (Lipinski definition) is 6. The lowest BCUT2D eigenvalue weighted by molar-refractivity contribution is 0.0654. The third kappa shape index (κ3) is 3.51. The molecule has 0 radical (unpaired) electrons. The van der Waals surface area contributed by atoms with Gasteiger partial charge in [0.15, 0.2) is 11.5 Å². The summed E-state index contributed by atoms with van der Waals surface area (Å²) < 4.78 is 39.7. The second-order valence-corrected chi connectivity index (χ2v) is 8.10. The molecule has 0 saturated heterocycles. The number of ether oxygens (including phenoxy) is 1. The molecule has 0 spiro atoms. The van der Waals surface area contributed by atoms with Crippen LogP contribution in [0.1, 0.15) is 46.1 Å². The molecule has 3 aromatic heterocycles. The van der Waals surface area contributed by atoms with Crippen LogP contribution in [-0.4, -0.2) is 44.4 Å². The second kappa shape index (κ2) is 8.36. The van der Waals surface area contributed by atoms with Gasteiger partial charge in [-0.3, -0.25) is 4.79 Å². The van der Waals surface area contributed by atoms with Crippen molar-refractivity contribution in [1.29, 1.82) is 0 Å². The Kier molecular flexibility index (Phi) is 5.35. The van der Waals surface area contributed by atoms with Crippen LogP contribution in [0.3, 0.4) is 0 Å². The van der Waals surface area contributed by atoms with Crippen LogP contribution in [0.2, 0.25) is 0 Å². The van der Waals surface area contributed by atoms with Crippen molar-refractivity contribution >= 4 is 5.91 Å². The zero-order valence-electron chi connectivity index (χ0n) is 18.7. The van der Waals surface area contributed by atoms with Gasteiger partial charge in [-0.25, -0.2) is 4.68 Å². The maximum atomic E-state index is 14.1. The van der Waals surface area contributed by atoms with Gasteiger partial charge in [0, 0.05) is 31.1 Å². The number of aryl methyl sites for hydroxylation is 1. The molecule has 10 heteroatoms. The predicted octanol–water partition coefficient (Wildman–Crippen LogP) is 4.11. The van der Waals surface area contributed by atoms with E-state index < -0.39 is 11.9 Å². The summed E-state index contributed by atoms with van der Waals surface area (Å²) in [5.74, 6) is -1.94. The molecule has 0 fully saturated rings. The summed E-state index contributed by atoms with van der Waals surface area (Å²) in [6, 6.07) is 11.2. The molecule has 1 aromatic carbocycles. The van der Waals surface area contributed by atoms with Gasteiger partial charge in [0.1, 0.15) is 0 Å². The van der Waals surface area contributed by atoms with Crippen LogP contribution >= 0.6 is 0 Å². The molecular weight excluding hydrogens is 444 g/mol. The Morgan fingerprint density at radius 3 is 2.65 bits per heavy atom. The maximum Gasteiger partial charge on any atom is 0.276 e. The van der Waals surface area contributed by atoms with Gasteiger partial charge >= 0.3 is 0 Å². The number of carbonyl (C=O) groups is 1. The van der Waals surface area contributed by atoms with E-state index in [4.69, 9.17) is 9.26 Å². The first-order valence-corrected chi connectivity index (χ1v) is 10.6. The number of aromatic nitrogens is 4. The zero-order valence-corrected chi connectivity index (χ0v) is 18.7. The minimum atomic E-state index is -1.04. The number of hydrogen-bond donors (Lipinski definition) is 0. The highest BCUT2D eigenvalue weighted by Crippen LogP contribution is 2.42. The molecule has 4 aromatic rings. The summed E-state index contributed by atoms with van der Waals surface area (Å²) in [4.78, 5) is 18.4. The van der Waals surface area contributed by atoms with Crippen molar-refractivity contribution in [2.75, 3.05) is 13.7 Å². The van der Waals surface area contributed by atoms with Crippen molar-refractivity contribution < 1.29 is 22.8 Å². The van der Waals surface area contributed by atoms with Crippen molar-refractivity contribution in [1.82, 2.24) is 24.8 Å². The van der Waals surface area contributed by atoms with Gasteiger partial charge in [0.05, 0.1) is 24.9 Å². The Hall–Kier alpha value is -4.08. The average Bonchev–Trinajstić information content (AvgIpc) is 3.46. The van der Waals surface area contributed by atoms with Gasteiger partial charge in [-0.05, 0) is 30.2 Å². The van der Waals surface area contributed by atoms with Gasteiger partial charge in [-0.15, -0.1) is 0 Å². The lowest BCUT2D eigenvalue weighted by Gasteiger charge is -2.39. The van der Waals surface area contributed by atoms with Gasteiger partial charge in [0.2, 0.25) is 17.8 Å². The largest absolute Gasteiger partial charge is 0.481 e. The van der Waals surface area contributed by atoms with Crippen molar-refractivity contribution in [2.24, 2.45) is 7.05 Å². The number of amides is 1. The van der Waals surface area contributed by atoms with Crippen LogP contribution in [-0.2, 0) is 7.05 Å². The number of carbonyl (C=O) groups excluding carboxylic acids is 1. The highest BCUT2D eigenvalue weighted by atomic mass is 19.1. The van der Waals surface area contributed by atoms with E-state index in [9.17, 15) is 13.6 Å². The summed E-state index contributed by atoms with van der Waals surface area (Å²) in [5, 5.41) is 8.19. The Morgan fingerprint density at radius 1 is 1.15 bits per heavy atom. The Labute approximate surface area is 193 Å². The molecule has 5 rings (SSSR count). The van der Waals surface area contributed by atoms with Crippen molar-refractivity contribution in [3.63, 3.8) is 0 Å². The number of fused-ring (bicyclic) bond motifs is 1. The smallest absolute Gasteiger partial charge is 0.276 e. The molecule has 1 amide bonds. The molecule has 0 unspecified atom stereocenters. The minimum Gasteiger partial charge on any atom is -0.481 e. The molecule has 2 atom stereocenters. The summed E-state index contributed by atoms with van der Waals surface area (Å²) in [6.45, 7) is 2.30. The lowest BCUT2D eigenvalue weighted by atomic mass is 9.82. The SMILES string of the molecule is COc1c([C@H]2CN(C(=O)c3cc(-c4ccc(F)nc4F)on3)[C@@H](C)c3ccccc32)cnn1C. The van der Waals surface area contributed by atoms with E-state index in [0.29, 0.717) is 12.4 Å². The number of halogens is 2. The quantitative estimate of drug-likeness (QED) is 0.422. The normalized spacial score (nSPS) is 17.5. The van der Waals surface area contributed by atoms with Gasteiger partial charge in [-0.2, -0.15) is 18.9 Å². The summed E-state index contributed by atoms with van der Waals surface area (Å²) in [7, 11) is 3.38. The van der Waals surface area contributed by atoms with Gasteiger partial charge in [-0.1, -0.05) is 29.4 Å². The first kappa shape index (κ1) is 21.7. The van der Waals surface area contributed by atoms with E-state index in [2.05, 4.69) is 15.2 Å². The van der Waals surface area contributed by atoms with Crippen LogP contribution in [0.15, 0.2) is 53.2 Å². The molecule has 1 aliphatic rings. The molecule has 0 aliphatic carbocycles. The summed E-state index contributed by atoms with van der Waals surface area (Å²) in [6.07, 6.45) is 1.75. The Balaban J connectivity index is 1.52. The molecule has 0 saturated carbocycles. The molecule has 0 N–H and O–H groups in total. The van der Waals surface area contributed by atoms with Crippen LogP contribution in [0.5, 0.6) is 5.88 Å². The molecule has 4 heterocycles. The van der Waals surface area contributed by atoms with Gasteiger partial charge in [0.25, 0.3) is 5.91 Å². The number of pyridine rings is 1. The van der Waals surface area contributed by atoms with Crippen LogP contribution < -0.4 is 4.74 Å². The summed E-state index contributed by atoms with van der Waals surface area (Å²) >= 11 is 0. The third-order valence-electron chi connectivity index (χ3n) is 6.22. The molecular formula is C24H21F2N5O3. The minimum absolute atomic E-state index is 0.0103. The highest BCUT2D eigenvalue weighted by molar-refractivity contribution is 5.93. The van der Waals surface area contributed by atoms with Gasteiger partial charge < -0.3 is 14.2 Å². The van der Waals surface area contributed by atoms with E-state index in [-0.39, 0.29) is 34.9 Å². The molecule has 174 valence electrons. The fraction of sp³-hybridized carbons (Fsp3) is 0.250.